The van der Waals surface area contributed by atoms with Crippen molar-refractivity contribution in [3.8, 4) is 0 Å². The van der Waals surface area contributed by atoms with E-state index in [0.717, 1.165) is 32.1 Å². The number of aliphatic hydroxyl groups excluding tert-OH is 1. The molecule has 0 aromatic heterocycles. The number of nitrogens with one attached hydrogen (secondary N) is 1. The molecule has 0 radical (unpaired) electrons. The van der Waals surface area contributed by atoms with Gasteiger partial charge in [-0.15, -0.1) is 0 Å². The molecule has 2 N–H and O–H groups in total. The lowest BCUT2D eigenvalue weighted by molar-refractivity contribution is -0.177. The van der Waals surface area contributed by atoms with E-state index >= 15 is 0 Å². The number of unbranched alkanes of at least 4 members (excludes halogenated alkanes) is 3. The molecule has 0 amide bonds. The first-order valence-corrected chi connectivity index (χ1v) is 11.4. The van der Waals surface area contributed by atoms with E-state index < -0.39 is 18.0 Å². The number of alkyl halides is 3. The Balaban J connectivity index is 1.51. The van der Waals surface area contributed by atoms with E-state index in [1.165, 1.54) is 5.56 Å². The molecule has 2 aliphatic rings. The molecule has 172 valence electrons. The van der Waals surface area contributed by atoms with E-state index in [0.29, 0.717) is 30.7 Å². The minimum atomic E-state index is -4.29. The van der Waals surface area contributed by atoms with Crippen LogP contribution < -0.4 is 5.32 Å². The Bertz CT molecular complexity index is 745. The second-order valence-electron chi connectivity index (χ2n) is 8.78. The maximum Gasteiger partial charge on any atom is 0.396 e. The number of halogens is 3. The van der Waals surface area contributed by atoms with Gasteiger partial charge in [-0.3, -0.25) is 0 Å². The maximum absolute atomic E-state index is 13.9. The van der Waals surface area contributed by atoms with Gasteiger partial charge in [0.2, 0.25) is 0 Å². The topological polar surface area (TPSA) is 41.5 Å². The Morgan fingerprint density at radius 2 is 1.74 bits per heavy atom. The van der Waals surface area contributed by atoms with Crippen molar-refractivity contribution in [2.45, 2.75) is 70.2 Å². The highest BCUT2D eigenvalue weighted by atomic mass is 19.4. The van der Waals surface area contributed by atoms with Crippen LogP contribution in [0, 0.1) is 11.8 Å². The number of allylic oxidation sites excluding steroid dienone is 4. The zero-order chi connectivity index (χ0) is 22.3. The molecule has 1 aliphatic heterocycles. The molecule has 31 heavy (non-hydrogen) atoms. The fourth-order valence-corrected chi connectivity index (χ4v) is 4.67. The minimum absolute atomic E-state index is 0.00897. The van der Waals surface area contributed by atoms with Gasteiger partial charge in [-0.25, -0.2) is 0 Å². The van der Waals surface area contributed by atoms with Crippen molar-refractivity contribution in [2.75, 3.05) is 13.2 Å². The third-order valence-electron chi connectivity index (χ3n) is 6.39. The normalized spacial score (nSPS) is 26.5. The lowest BCUT2D eigenvalue weighted by atomic mass is 9.79. The van der Waals surface area contributed by atoms with Crippen molar-refractivity contribution in [1.29, 1.82) is 0 Å². The molecule has 1 heterocycles. The summed E-state index contributed by atoms with van der Waals surface area (Å²) >= 11 is 0. The van der Waals surface area contributed by atoms with E-state index in [4.69, 9.17) is 4.74 Å². The Morgan fingerprint density at radius 3 is 2.39 bits per heavy atom. The van der Waals surface area contributed by atoms with E-state index in [9.17, 15) is 18.3 Å². The molecule has 3 nitrogen and oxygen atoms in total. The predicted molar refractivity (Wildman–Crippen MR) is 116 cm³/mol. The Hall–Kier alpha value is -1.79. The number of aryl methyl sites for hydroxylation is 1. The first-order valence-electron chi connectivity index (χ1n) is 11.4. The molecule has 0 spiro atoms. The highest BCUT2D eigenvalue weighted by Gasteiger charge is 2.48. The average Bonchev–Trinajstić information content (AvgIpc) is 3.20. The van der Waals surface area contributed by atoms with Gasteiger partial charge in [0.1, 0.15) is 11.9 Å². The van der Waals surface area contributed by atoms with Crippen LogP contribution in [0.2, 0.25) is 0 Å². The molecule has 1 fully saturated rings. The van der Waals surface area contributed by atoms with Crippen LogP contribution in [0.4, 0.5) is 13.2 Å². The number of benzene rings is 1. The van der Waals surface area contributed by atoms with Gasteiger partial charge >= 0.3 is 6.18 Å². The van der Waals surface area contributed by atoms with Crippen LogP contribution in [0.3, 0.4) is 0 Å². The third-order valence-corrected chi connectivity index (χ3v) is 6.39. The van der Waals surface area contributed by atoms with E-state index in [1.807, 2.05) is 18.2 Å². The Kier molecular flexibility index (Phi) is 8.61. The van der Waals surface area contributed by atoms with Crippen LogP contribution in [0.1, 0.15) is 51.0 Å². The quantitative estimate of drug-likeness (QED) is 0.471. The molecule has 1 aromatic rings. The van der Waals surface area contributed by atoms with Crippen molar-refractivity contribution in [3.05, 3.63) is 59.4 Å². The summed E-state index contributed by atoms with van der Waals surface area (Å²) in [4.78, 5) is 0. The molecule has 3 rings (SSSR count). The second kappa shape index (κ2) is 11.2. The predicted octanol–water partition coefficient (Wildman–Crippen LogP) is 5.56. The Morgan fingerprint density at radius 1 is 1.03 bits per heavy atom. The van der Waals surface area contributed by atoms with Gasteiger partial charge in [0.15, 0.2) is 0 Å². The molecule has 1 aliphatic carbocycles. The molecule has 4 atom stereocenters. The van der Waals surface area contributed by atoms with Gasteiger partial charge in [0.05, 0.1) is 12.5 Å². The average molecular weight is 438 g/mol. The first kappa shape index (κ1) is 23.9. The first-order chi connectivity index (χ1) is 14.9. The maximum atomic E-state index is 13.9. The molecular weight excluding hydrogens is 403 g/mol. The van der Waals surface area contributed by atoms with Crippen LogP contribution in [-0.2, 0) is 11.2 Å². The highest BCUT2D eigenvalue weighted by Crippen LogP contribution is 2.45. The summed E-state index contributed by atoms with van der Waals surface area (Å²) in [6.45, 7) is 2.17. The lowest BCUT2D eigenvalue weighted by Crippen LogP contribution is -2.35. The van der Waals surface area contributed by atoms with Crippen LogP contribution in [-0.4, -0.2) is 36.6 Å². The zero-order valence-corrected chi connectivity index (χ0v) is 18.2. The molecule has 1 saturated heterocycles. The SMILES string of the molecule is CC1C(O[C@H]2CN[C@@H](CO)C2)=CC=C(CCCCCCc2ccccc2)C1C(F)(F)F. The van der Waals surface area contributed by atoms with Crippen molar-refractivity contribution >= 4 is 0 Å². The summed E-state index contributed by atoms with van der Waals surface area (Å²) in [5, 5.41) is 12.4. The van der Waals surface area contributed by atoms with Gasteiger partial charge < -0.3 is 15.2 Å². The largest absolute Gasteiger partial charge is 0.493 e. The molecule has 0 saturated carbocycles. The number of hydrogen-bond donors (Lipinski definition) is 2. The highest BCUT2D eigenvalue weighted by molar-refractivity contribution is 5.28. The molecule has 2 unspecified atom stereocenters. The summed E-state index contributed by atoms with van der Waals surface area (Å²) in [6.07, 6.45) is 4.76. The van der Waals surface area contributed by atoms with Gasteiger partial charge in [-0.2, -0.15) is 13.2 Å². The van der Waals surface area contributed by atoms with Gasteiger partial charge in [0, 0.05) is 24.9 Å². The van der Waals surface area contributed by atoms with E-state index in [-0.39, 0.29) is 18.8 Å². The third kappa shape index (κ3) is 6.84. The summed E-state index contributed by atoms with van der Waals surface area (Å²) in [7, 11) is 0. The van der Waals surface area contributed by atoms with E-state index in [1.54, 1.807) is 19.1 Å². The lowest BCUT2D eigenvalue weighted by Gasteiger charge is -2.34. The van der Waals surface area contributed by atoms with Crippen molar-refractivity contribution in [3.63, 3.8) is 0 Å². The van der Waals surface area contributed by atoms with Crippen LogP contribution in [0.5, 0.6) is 0 Å². The standard InChI is InChI=1S/C25H34F3NO2/c1-18-23(31-22-15-21(17-30)29-16-22)14-13-20(24(18)25(26,27)28)12-8-3-2-5-9-19-10-6-4-7-11-19/h4,6-7,10-11,13-14,18,21-22,24,29-30H,2-3,5,8-9,12,15-17H2,1H3/t18?,21-,22-,24?/m1/s1. The second-order valence-corrected chi connectivity index (χ2v) is 8.78. The summed E-state index contributed by atoms with van der Waals surface area (Å²) in [6, 6.07) is 10.2. The summed E-state index contributed by atoms with van der Waals surface area (Å²) in [5.74, 6) is -1.81. The fourth-order valence-electron chi connectivity index (χ4n) is 4.67. The number of rotatable bonds is 10. The van der Waals surface area contributed by atoms with Gasteiger partial charge in [-0.1, -0.05) is 61.7 Å². The van der Waals surface area contributed by atoms with Crippen molar-refractivity contribution < 1.29 is 23.0 Å². The molecule has 0 bridgehead atoms. The Labute approximate surface area is 183 Å². The van der Waals surface area contributed by atoms with Crippen LogP contribution >= 0.6 is 0 Å². The minimum Gasteiger partial charge on any atom is -0.493 e. The molecular formula is C25H34F3NO2. The van der Waals surface area contributed by atoms with E-state index in [2.05, 4.69) is 17.4 Å². The molecule has 1 aromatic carbocycles. The van der Waals surface area contributed by atoms with Crippen LogP contribution in [0.25, 0.3) is 0 Å². The van der Waals surface area contributed by atoms with Gasteiger partial charge in [-0.05, 0) is 37.3 Å². The zero-order valence-electron chi connectivity index (χ0n) is 18.2. The summed E-state index contributed by atoms with van der Waals surface area (Å²) in [5.41, 5.74) is 1.78. The number of ether oxygens (including phenoxy) is 1. The van der Waals surface area contributed by atoms with Gasteiger partial charge in [0.25, 0.3) is 0 Å². The molecule has 6 heteroatoms. The monoisotopic (exact) mass is 437 g/mol. The van der Waals surface area contributed by atoms with Crippen molar-refractivity contribution in [2.24, 2.45) is 11.8 Å². The van der Waals surface area contributed by atoms with Crippen LogP contribution in [0.15, 0.2) is 53.8 Å². The smallest absolute Gasteiger partial charge is 0.396 e. The number of hydrogen-bond acceptors (Lipinski definition) is 3. The van der Waals surface area contributed by atoms with Crippen molar-refractivity contribution in [1.82, 2.24) is 5.32 Å². The fraction of sp³-hybridized carbons (Fsp3) is 0.600. The number of aliphatic hydroxyl groups is 1. The summed E-state index contributed by atoms with van der Waals surface area (Å²) < 4.78 is 47.6.